The first-order valence-corrected chi connectivity index (χ1v) is 10.5. The topological polar surface area (TPSA) is 78.5 Å². The van der Waals surface area contributed by atoms with Gasteiger partial charge in [-0.05, 0) is 50.4 Å². The number of rotatable bonds is 4. The maximum Gasteiger partial charge on any atom is 0.243 e. The van der Waals surface area contributed by atoms with Gasteiger partial charge in [0, 0.05) is 19.1 Å². The normalized spacial score (nSPS) is 27.3. The molecular formula is C18H28ClN3O3S. The lowest BCUT2D eigenvalue weighted by Crippen LogP contribution is -2.52. The molecule has 1 amide bonds. The van der Waals surface area contributed by atoms with Crippen LogP contribution < -0.4 is 10.6 Å². The smallest absolute Gasteiger partial charge is 0.243 e. The summed E-state index contributed by atoms with van der Waals surface area (Å²) in [5, 5.41) is 6.47. The van der Waals surface area contributed by atoms with Crippen molar-refractivity contribution in [2.24, 2.45) is 11.8 Å². The number of nitrogens with zero attached hydrogens (tertiary/aromatic N) is 1. The van der Waals surface area contributed by atoms with E-state index in [0.717, 1.165) is 25.9 Å². The Morgan fingerprint density at radius 1 is 1.23 bits per heavy atom. The highest BCUT2D eigenvalue weighted by Crippen LogP contribution is 2.24. The minimum absolute atomic E-state index is 0. The molecule has 2 N–H and O–H groups in total. The summed E-state index contributed by atoms with van der Waals surface area (Å²) in [7, 11) is -3.53. The molecule has 2 aliphatic rings. The van der Waals surface area contributed by atoms with Crippen molar-refractivity contribution in [1.29, 1.82) is 0 Å². The Labute approximate surface area is 162 Å². The zero-order chi connectivity index (χ0) is 17.9. The molecule has 1 aromatic carbocycles. The van der Waals surface area contributed by atoms with Crippen molar-refractivity contribution in [3.63, 3.8) is 0 Å². The van der Waals surface area contributed by atoms with Crippen LogP contribution >= 0.6 is 12.4 Å². The van der Waals surface area contributed by atoms with Crippen molar-refractivity contribution in [3.05, 3.63) is 30.3 Å². The summed E-state index contributed by atoms with van der Waals surface area (Å²) in [5.41, 5.74) is 0. The highest BCUT2D eigenvalue weighted by Gasteiger charge is 2.34. The van der Waals surface area contributed by atoms with E-state index in [9.17, 15) is 13.2 Å². The van der Waals surface area contributed by atoms with Crippen LogP contribution in [-0.2, 0) is 14.8 Å². The average molecular weight is 402 g/mol. The predicted molar refractivity (Wildman–Crippen MR) is 104 cm³/mol. The molecule has 146 valence electrons. The minimum Gasteiger partial charge on any atom is -0.353 e. The maximum absolute atomic E-state index is 12.8. The van der Waals surface area contributed by atoms with E-state index in [1.165, 1.54) is 4.31 Å². The van der Waals surface area contributed by atoms with Crippen LogP contribution in [0.1, 0.15) is 26.2 Å². The van der Waals surface area contributed by atoms with Crippen molar-refractivity contribution < 1.29 is 13.2 Å². The van der Waals surface area contributed by atoms with Crippen molar-refractivity contribution in [1.82, 2.24) is 14.9 Å². The van der Waals surface area contributed by atoms with Gasteiger partial charge in [-0.1, -0.05) is 25.1 Å². The fourth-order valence-electron chi connectivity index (χ4n) is 3.65. The summed E-state index contributed by atoms with van der Waals surface area (Å²) in [6, 6.07) is 8.63. The van der Waals surface area contributed by atoms with Gasteiger partial charge in [-0.25, -0.2) is 8.42 Å². The van der Waals surface area contributed by atoms with E-state index in [1.54, 1.807) is 30.3 Å². The number of carbonyl (C=O) groups is 1. The largest absolute Gasteiger partial charge is 0.353 e. The number of hydrogen-bond donors (Lipinski definition) is 2. The van der Waals surface area contributed by atoms with Gasteiger partial charge in [-0.15, -0.1) is 12.4 Å². The third kappa shape index (κ3) is 4.76. The van der Waals surface area contributed by atoms with Crippen molar-refractivity contribution in [3.8, 4) is 0 Å². The van der Waals surface area contributed by atoms with Gasteiger partial charge in [0.15, 0.2) is 0 Å². The summed E-state index contributed by atoms with van der Waals surface area (Å²) in [5.74, 6) is 0.117. The first-order chi connectivity index (χ1) is 12.0. The van der Waals surface area contributed by atoms with Gasteiger partial charge >= 0.3 is 0 Å². The molecule has 1 aromatic rings. The lowest BCUT2D eigenvalue weighted by molar-refractivity contribution is -0.127. The van der Waals surface area contributed by atoms with Crippen molar-refractivity contribution in [2.45, 2.75) is 37.1 Å². The maximum atomic E-state index is 12.8. The van der Waals surface area contributed by atoms with E-state index in [0.29, 0.717) is 23.8 Å². The highest BCUT2D eigenvalue weighted by atomic mass is 35.5. The molecule has 3 unspecified atom stereocenters. The van der Waals surface area contributed by atoms with Crippen LogP contribution in [0.25, 0.3) is 0 Å². The molecule has 0 bridgehead atoms. The molecule has 3 atom stereocenters. The third-order valence-electron chi connectivity index (χ3n) is 5.25. The number of nitrogens with one attached hydrogen (secondary N) is 2. The second-order valence-electron chi connectivity index (χ2n) is 7.10. The lowest BCUT2D eigenvalue weighted by Gasteiger charge is -2.34. The van der Waals surface area contributed by atoms with Gasteiger partial charge < -0.3 is 10.6 Å². The Kier molecular flexibility index (Phi) is 7.46. The number of piperidine rings is 2. The van der Waals surface area contributed by atoms with E-state index >= 15 is 0 Å². The molecule has 0 spiro atoms. The molecule has 2 aliphatic heterocycles. The molecule has 3 rings (SSSR count). The second-order valence-corrected chi connectivity index (χ2v) is 9.04. The monoisotopic (exact) mass is 401 g/mol. The van der Waals surface area contributed by atoms with Gasteiger partial charge in [0.2, 0.25) is 15.9 Å². The first kappa shape index (κ1) is 21.2. The summed E-state index contributed by atoms with van der Waals surface area (Å²) >= 11 is 0. The molecule has 2 heterocycles. The summed E-state index contributed by atoms with van der Waals surface area (Å²) in [6.45, 7) is 4.69. The Morgan fingerprint density at radius 2 is 1.96 bits per heavy atom. The molecule has 0 radical (unpaired) electrons. The Balaban J connectivity index is 0.00000243. The molecule has 0 aliphatic carbocycles. The van der Waals surface area contributed by atoms with Crippen molar-refractivity contribution in [2.75, 3.05) is 26.2 Å². The van der Waals surface area contributed by atoms with Crippen LogP contribution in [0.2, 0.25) is 0 Å². The zero-order valence-electron chi connectivity index (χ0n) is 15.1. The standard InChI is InChI=1S/C18H27N3O3S.ClH/c1-14-12-19-10-9-17(14)20-18(22)15-6-5-11-21(13-15)25(23,24)16-7-3-2-4-8-16;/h2-4,7-8,14-15,17,19H,5-6,9-13H2,1H3,(H,20,22);1H. The Morgan fingerprint density at radius 3 is 2.65 bits per heavy atom. The number of amides is 1. The van der Waals surface area contributed by atoms with Gasteiger partial charge in [0.05, 0.1) is 10.8 Å². The van der Waals surface area contributed by atoms with E-state index < -0.39 is 10.0 Å². The Bertz CT molecular complexity index is 699. The van der Waals surface area contributed by atoms with Gasteiger partial charge in [-0.3, -0.25) is 4.79 Å². The van der Waals surface area contributed by atoms with E-state index in [1.807, 2.05) is 0 Å². The number of benzene rings is 1. The highest BCUT2D eigenvalue weighted by molar-refractivity contribution is 7.89. The molecule has 8 heteroatoms. The number of hydrogen-bond acceptors (Lipinski definition) is 4. The van der Waals surface area contributed by atoms with Gasteiger partial charge in [0.1, 0.15) is 0 Å². The predicted octanol–water partition coefficient (Wildman–Crippen LogP) is 1.62. The van der Waals surface area contributed by atoms with Crippen LogP contribution in [0.4, 0.5) is 0 Å². The van der Waals surface area contributed by atoms with Crippen molar-refractivity contribution >= 4 is 28.3 Å². The minimum atomic E-state index is -3.53. The molecular weight excluding hydrogens is 374 g/mol. The number of carbonyl (C=O) groups excluding carboxylic acids is 1. The molecule has 2 fully saturated rings. The molecule has 2 saturated heterocycles. The summed E-state index contributed by atoms with van der Waals surface area (Å²) < 4.78 is 27.0. The van der Waals surface area contributed by atoms with Crippen LogP contribution in [0.3, 0.4) is 0 Å². The van der Waals surface area contributed by atoms with Crippen LogP contribution in [-0.4, -0.2) is 50.9 Å². The van der Waals surface area contributed by atoms with E-state index in [-0.39, 0.29) is 36.8 Å². The summed E-state index contributed by atoms with van der Waals surface area (Å²) in [4.78, 5) is 13.0. The fourth-order valence-corrected chi connectivity index (χ4v) is 5.19. The van der Waals surface area contributed by atoms with E-state index in [4.69, 9.17) is 0 Å². The zero-order valence-corrected chi connectivity index (χ0v) is 16.7. The van der Waals surface area contributed by atoms with Crippen LogP contribution in [0, 0.1) is 11.8 Å². The number of sulfonamides is 1. The van der Waals surface area contributed by atoms with Gasteiger partial charge in [0.25, 0.3) is 0 Å². The molecule has 26 heavy (non-hydrogen) atoms. The molecule has 6 nitrogen and oxygen atoms in total. The first-order valence-electron chi connectivity index (χ1n) is 9.05. The molecule has 0 aromatic heterocycles. The van der Waals surface area contributed by atoms with Crippen LogP contribution in [0.5, 0.6) is 0 Å². The Hall–Kier alpha value is -1.15. The fraction of sp³-hybridized carbons (Fsp3) is 0.611. The van der Waals surface area contributed by atoms with Crippen LogP contribution in [0.15, 0.2) is 35.2 Å². The third-order valence-corrected chi connectivity index (χ3v) is 7.13. The number of halogens is 1. The SMILES string of the molecule is CC1CNCCC1NC(=O)C1CCCN(S(=O)(=O)c2ccccc2)C1.Cl. The lowest BCUT2D eigenvalue weighted by atomic mass is 9.93. The quantitative estimate of drug-likeness (QED) is 0.803. The van der Waals surface area contributed by atoms with E-state index in [2.05, 4.69) is 17.6 Å². The summed E-state index contributed by atoms with van der Waals surface area (Å²) in [6.07, 6.45) is 2.38. The van der Waals surface area contributed by atoms with Gasteiger partial charge in [-0.2, -0.15) is 4.31 Å². The molecule has 0 saturated carbocycles. The second kappa shape index (κ2) is 9.17. The average Bonchev–Trinajstić information content (AvgIpc) is 2.64.